The Hall–Kier alpha value is -1.18. The van der Waals surface area contributed by atoms with Crippen LogP contribution in [0.15, 0.2) is 41.6 Å². The molecule has 0 radical (unpaired) electrons. The van der Waals surface area contributed by atoms with Gasteiger partial charge >= 0.3 is 0 Å². The predicted molar refractivity (Wildman–Crippen MR) is 80.6 cm³/mol. The van der Waals surface area contributed by atoms with Gasteiger partial charge in [-0.05, 0) is 35.4 Å². The van der Waals surface area contributed by atoms with Crippen LogP contribution in [0, 0.1) is 0 Å². The Kier molecular flexibility index (Phi) is 5.18. The van der Waals surface area contributed by atoms with Crippen LogP contribution in [-0.2, 0) is 23.2 Å². The normalized spacial score (nSPS) is 11.6. The maximum absolute atomic E-state index is 12.3. The second-order valence-electron chi connectivity index (χ2n) is 4.21. The minimum atomic E-state index is -3.81. The van der Waals surface area contributed by atoms with Gasteiger partial charge in [0.05, 0.1) is 11.6 Å². The van der Waals surface area contributed by atoms with Gasteiger partial charge in [0.2, 0.25) is 10.0 Å². The summed E-state index contributed by atoms with van der Waals surface area (Å²) in [6.45, 7) is -0.263. The van der Waals surface area contributed by atoms with Crippen molar-refractivity contribution < 1.29 is 13.5 Å². The Bertz CT molecular complexity index is 737. The number of rotatable bonds is 5. The summed E-state index contributed by atoms with van der Waals surface area (Å²) in [6.07, 6.45) is 3.14. The van der Waals surface area contributed by atoms with Gasteiger partial charge in [-0.3, -0.25) is 4.98 Å². The highest BCUT2D eigenvalue weighted by Gasteiger charge is 2.19. The molecule has 0 amide bonds. The van der Waals surface area contributed by atoms with Crippen molar-refractivity contribution >= 4 is 33.2 Å². The molecule has 21 heavy (non-hydrogen) atoms. The van der Waals surface area contributed by atoms with Gasteiger partial charge < -0.3 is 5.11 Å². The molecule has 0 aliphatic rings. The van der Waals surface area contributed by atoms with E-state index in [1.165, 1.54) is 12.1 Å². The third kappa shape index (κ3) is 3.93. The molecule has 1 heterocycles. The molecule has 0 saturated heterocycles. The van der Waals surface area contributed by atoms with Crippen LogP contribution in [0.5, 0.6) is 0 Å². The molecule has 8 heteroatoms. The highest BCUT2D eigenvalue weighted by atomic mass is 35.5. The highest BCUT2D eigenvalue weighted by Crippen LogP contribution is 2.28. The number of hydrogen-bond acceptors (Lipinski definition) is 4. The van der Waals surface area contributed by atoms with Gasteiger partial charge in [-0.25, -0.2) is 13.1 Å². The molecule has 0 spiro atoms. The van der Waals surface area contributed by atoms with Crippen LogP contribution in [0.25, 0.3) is 0 Å². The van der Waals surface area contributed by atoms with Crippen LogP contribution in [0.4, 0.5) is 0 Å². The summed E-state index contributed by atoms with van der Waals surface area (Å²) in [6, 6.07) is 5.96. The lowest BCUT2D eigenvalue weighted by molar-refractivity contribution is 0.281. The van der Waals surface area contributed by atoms with E-state index in [1.807, 2.05) is 0 Å². The first-order valence-electron chi connectivity index (χ1n) is 5.91. The second kappa shape index (κ2) is 6.72. The predicted octanol–water partition coefficient (Wildman–Crippen LogP) is 2.36. The van der Waals surface area contributed by atoms with E-state index in [9.17, 15) is 8.42 Å². The SMILES string of the molecule is O=S(=O)(NCc1ccncc1)c1cc(CO)c(Cl)cc1Cl. The molecule has 1 aromatic heterocycles. The maximum atomic E-state index is 12.3. The number of nitrogens with zero attached hydrogens (tertiary/aromatic N) is 1. The molecule has 112 valence electrons. The molecule has 0 aliphatic heterocycles. The zero-order valence-electron chi connectivity index (χ0n) is 10.8. The minimum absolute atomic E-state index is 0.000529. The van der Waals surface area contributed by atoms with E-state index in [0.717, 1.165) is 5.56 Å². The molecule has 0 unspecified atom stereocenters. The third-order valence-electron chi connectivity index (χ3n) is 2.78. The molecule has 0 fully saturated rings. The number of nitrogens with one attached hydrogen (secondary N) is 1. The van der Waals surface area contributed by atoms with Crippen LogP contribution >= 0.6 is 23.2 Å². The number of sulfonamides is 1. The van der Waals surface area contributed by atoms with Crippen molar-refractivity contribution in [3.63, 3.8) is 0 Å². The minimum Gasteiger partial charge on any atom is -0.392 e. The number of aliphatic hydroxyl groups excluding tert-OH is 1. The Morgan fingerprint density at radius 3 is 2.43 bits per heavy atom. The number of aromatic nitrogens is 1. The van der Waals surface area contributed by atoms with Crippen molar-refractivity contribution in [3.05, 3.63) is 57.8 Å². The molecular weight excluding hydrogens is 335 g/mol. The van der Waals surface area contributed by atoms with Crippen molar-refractivity contribution in [3.8, 4) is 0 Å². The average molecular weight is 347 g/mol. The molecule has 2 rings (SSSR count). The number of benzene rings is 1. The molecule has 0 atom stereocenters. The van der Waals surface area contributed by atoms with Gasteiger partial charge in [-0.1, -0.05) is 23.2 Å². The van der Waals surface area contributed by atoms with Gasteiger partial charge in [0.1, 0.15) is 4.90 Å². The van der Waals surface area contributed by atoms with Gasteiger partial charge in [0, 0.05) is 24.0 Å². The Morgan fingerprint density at radius 1 is 1.14 bits per heavy atom. The van der Waals surface area contributed by atoms with E-state index < -0.39 is 10.0 Å². The number of halogens is 2. The first-order valence-corrected chi connectivity index (χ1v) is 8.15. The zero-order chi connectivity index (χ0) is 15.5. The summed E-state index contributed by atoms with van der Waals surface area (Å²) < 4.78 is 27.0. The van der Waals surface area contributed by atoms with E-state index in [4.69, 9.17) is 28.3 Å². The van der Waals surface area contributed by atoms with E-state index in [1.54, 1.807) is 24.5 Å². The molecule has 0 aliphatic carbocycles. The Labute approximate surface area is 132 Å². The summed E-state index contributed by atoms with van der Waals surface area (Å²) in [7, 11) is -3.81. The van der Waals surface area contributed by atoms with E-state index in [0.29, 0.717) is 5.56 Å². The number of hydrogen-bond donors (Lipinski definition) is 2. The fourth-order valence-corrected chi connectivity index (χ4v) is 3.53. The zero-order valence-corrected chi connectivity index (χ0v) is 13.1. The van der Waals surface area contributed by atoms with E-state index in [-0.39, 0.29) is 28.1 Å². The van der Waals surface area contributed by atoms with Crippen LogP contribution in [-0.4, -0.2) is 18.5 Å². The largest absolute Gasteiger partial charge is 0.392 e. The topological polar surface area (TPSA) is 79.3 Å². The lowest BCUT2D eigenvalue weighted by Gasteiger charge is -2.11. The second-order valence-corrected chi connectivity index (χ2v) is 6.76. The summed E-state index contributed by atoms with van der Waals surface area (Å²) in [5, 5.41) is 9.38. The fraction of sp³-hybridized carbons (Fsp3) is 0.154. The summed E-state index contributed by atoms with van der Waals surface area (Å²) in [5.74, 6) is 0. The standard InChI is InChI=1S/C13H12Cl2N2O3S/c14-11-6-12(15)13(5-10(11)8-18)21(19,20)17-7-9-1-3-16-4-2-9/h1-6,17-18H,7-8H2. The summed E-state index contributed by atoms with van der Waals surface area (Å²) in [4.78, 5) is 3.73. The monoisotopic (exact) mass is 346 g/mol. The highest BCUT2D eigenvalue weighted by molar-refractivity contribution is 7.89. The van der Waals surface area contributed by atoms with Crippen LogP contribution in [0.3, 0.4) is 0 Å². The number of aliphatic hydroxyl groups is 1. The molecule has 1 aromatic carbocycles. The van der Waals surface area contributed by atoms with Crippen LogP contribution < -0.4 is 4.72 Å². The van der Waals surface area contributed by atoms with Crippen molar-refractivity contribution in [2.75, 3.05) is 0 Å². The fourth-order valence-electron chi connectivity index (χ4n) is 1.66. The van der Waals surface area contributed by atoms with Gasteiger partial charge in [0.25, 0.3) is 0 Å². The number of pyridine rings is 1. The van der Waals surface area contributed by atoms with E-state index in [2.05, 4.69) is 9.71 Å². The van der Waals surface area contributed by atoms with Crippen molar-refractivity contribution in [2.45, 2.75) is 18.0 Å². The molecule has 5 nitrogen and oxygen atoms in total. The van der Waals surface area contributed by atoms with Gasteiger partial charge in [-0.15, -0.1) is 0 Å². The maximum Gasteiger partial charge on any atom is 0.242 e. The Balaban J connectivity index is 2.27. The van der Waals surface area contributed by atoms with Gasteiger partial charge in [0.15, 0.2) is 0 Å². The van der Waals surface area contributed by atoms with Gasteiger partial charge in [-0.2, -0.15) is 0 Å². The summed E-state index contributed by atoms with van der Waals surface area (Å²) >= 11 is 11.8. The van der Waals surface area contributed by atoms with E-state index >= 15 is 0 Å². The molecule has 0 saturated carbocycles. The smallest absolute Gasteiger partial charge is 0.242 e. The summed E-state index contributed by atoms with van der Waals surface area (Å²) in [5.41, 5.74) is 1.06. The lowest BCUT2D eigenvalue weighted by atomic mass is 10.2. The first kappa shape index (κ1) is 16.2. The lowest BCUT2D eigenvalue weighted by Crippen LogP contribution is -2.23. The molecule has 0 bridgehead atoms. The molecular formula is C13H12Cl2N2O3S. The first-order chi connectivity index (χ1) is 9.94. The molecule has 2 aromatic rings. The quantitative estimate of drug-likeness (QED) is 0.870. The average Bonchev–Trinajstić information content (AvgIpc) is 2.46. The molecule has 2 N–H and O–H groups in total. The van der Waals surface area contributed by atoms with Crippen molar-refractivity contribution in [1.82, 2.24) is 9.71 Å². The Morgan fingerprint density at radius 2 is 1.81 bits per heavy atom. The van der Waals surface area contributed by atoms with Crippen molar-refractivity contribution in [1.29, 1.82) is 0 Å². The van der Waals surface area contributed by atoms with Crippen molar-refractivity contribution in [2.24, 2.45) is 0 Å². The van der Waals surface area contributed by atoms with Crippen LogP contribution in [0.1, 0.15) is 11.1 Å². The van der Waals surface area contributed by atoms with Crippen LogP contribution in [0.2, 0.25) is 10.0 Å². The third-order valence-corrected chi connectivity index (χ3v) is 4.99.